The lowest BCUT2D eigenvalue weighted by Crippen LogP contribution is -2.60. The highest BCUT2D eigenvalue weighted by atomic mass is 79.9. The van der Waals surface area contributed by atoms with E-state index >= 15 is 0 Å². The van der Waals surface area contributed by atoms with E-state index in [9.17, 15) is 4.79 Å². The van der Waals surface area contributed by atoms with Gasteiger partial charge in [-0.05, 0) is 80.1 Å². The fourth-order valence-corrected chi connectivity index (χ4v) is 6.62. The molecule has 2 aromatic rings. The maximum atomic E-state index is 13.5. The average Bonchev–Trinajstić information content (AvgIpc) is 3.20. The third kappa shape index (κ3) is 2.59. The maximum absolute atomic E-state index is 13.5. The van der Waals surface area contributed by atoms with Crippen molar-refractivity contribution < 1.29 is 4.79 Å². The Morgan fingerprint density at radius 1 is 1.33 bits per heavy atom. The minimum absolute atomic E-state index is 0.0664. The van der Waals surface area contributed by atoms with Crippen LogP contribution < -0.4 is 5.32 Å². The number of rotatable bonds is 4. The van der Waals surface area contributed by atoms with Crippen molar-refractivity contribution in [2.75, 3.05) is 5.32 Å². The highest BCUT2D eigenvalue weighted by Crippen LogP contribution is 2.64. The Hall–Kier alpha value is -1.70. The molecule has 0 radical (unpaired) electrons. The van der Waals surface area contributed by atoms with E-state index in [2.05, 4.69) is 43.4 Å². The van der Waals surface area contributed by atoms with E-state index in [0.29, 0.717) is 16.6 Å². The van der Waals surface area contributed by atoms with Gasteiger partial charge in [0, 0.05) is 6.54 Å². The molecule has 2 unspecified atom stereocenters. The Balaban J connectivity index is 1.46. The van der Waals surface area contributed by atoms with Crippen LogP contribution in [-0.4, -0.2) is 30.5 Å². The quantitative estimate of drug-likeness (QED) is 0.801. The normalized spacial score (nSPS) is 34.2. The van der Waals surface area contributed by atoms with Crippen LogP contribution in [0.5, 0.6) is 0 Å². The van der Waals surface area contributed by atoms with Crippen LogP contribution in [0.4, 0.5) is 5.69 Å². The summed E-state index contributed by atoms with van der Waals surface area (Å²) in [5.41, 5.74) is 1.49. The molecule has 0 aliphatic heterocycles. The van der Waals surface area contributed by atoms with Gasteiger partial charge in [0.15, 0.2) is 0 Å². The molecule has 0 aromatic carbocycles. The fourth-order valence-electron chi connectivity index (χ4n) is 6.36. The lowest BCUT2D eigenvalue weighted by molar-refractivity contribution is -0.150. The van der Waals surface area contributed by atoms with Gasteiger partial charge in [-0.1, -0.05) is 0 Å². The van der Waals surface area contributed by atoms with Crippen molar-refractivity contribution in [3.8, 4) is 0 Å². The zero-order chi connectivity index (χ0) is 18.8. The zero-order valence-electron chi connectivity index (χ0n) is 15.8. The lowest BCUT2D eigenvalue weighted by Gasteiger charge is -2.60. The van der Waals surface area contributed by atoms with Gasteiger partial charge in [-0.3, -0.25) is 9.48 Å². The van der Waals surface area contributed by atoms with Gasteiger partial charge in [0.05, 0.1) is 28.5 Å². The van der Waals surface area contributed by atoms with Crippen LogP contribution in [0.2, 0.25) is 0 Å². The summed E-state index contributed by atoms with van der Waals surface area (Å²) in [6.07, 6.45) is 9.93. The standard InChI is InChI=1S/C19H25BrN6O/c1-3-25-12(2)15(9-22-25)23-16(27)18-5-13-4-14(6-18)8-19(7-13,10-18)26-11-21-17(20)24-26/h9,11,13-14H,3-8,10H2,1-2H3,(H,23,27). The van der Waals surface area contributed by atoms with Crippen LogP contribution in [0.3, 0.4) is 0 Å². The SMILES string of the molecule is CCn1ncc(NC(=O)C23CC4CC(C2)CC(n2cnc(Br)n2)(C4)C3)c1C. The van der Waals surface area contributed by atoms with Crippen LogP contribution >= 0.6 is 15.9 Å². The molecule has 0 spiro atoms. The van der Waals surface area contributed by atoms with E-state index in [-0.39, 0.29) is 16.9 Å². The molecule has 4 saturated carbocycles. The highest BCUT2D eigenvalue weighted by Gasteiger charge is 2.61. The Morgan fingerprint density at radius 2 is 2.07 bits per heavy atom. The number of amides is 1. The van der Waals surface area contributed by atoms with Crippen molar-refractivity contribution in [1.82, 2.24) is 24.5 Å². The molecule has 2 heterocycles. The van der Waals surface area contributed by atoms with Crippen LogP contribution in [0.15, 0.2) is 17.3 Å². The minimum Gasteiger partial charge on any atom is -0.323 e. The van der Waals surface area contributed by atoms with E-state index in [1.165, 1.54) is 6.42 Å². The van der Waals surface area contributed by atoms with Crippen LogP contribution in [0, 0.1) is 24.2 Å². The number of hydrogen-bond donors (Lipinski definition) is 1. The van der Waals surface area contributed by atoms with Crippen molar-refractivity contribution in [3.05, 3.63) is 23.0 Å². The number of halogens is 1. The van der Waals surface area contributed by atoms with Crippen LogP contribution in [-0.2, 0) is 16.9 Å². The van der Waals surface area contributed by atoms with E-state index in [4.69, 9.17) is 0 Å². The summed E-state index contributed by atoms with van der Waals surface area (Å²) in [4.78, 5) is 17.8. The van der Waals surface area contributed by atoms with Crippen molar-refractivity contribution in [2.24, 2.45) is 17.3 Å². The van der Waals surface area contributed by atoms with E-state index in [0.717, 1.165) is 50.0 Å². The summed E-state index contributed by atoms with van der Waals surface area (Å²) < 4.78 is 4.58. The zero-order valence-corrected chi connectivity index (χ0v) is 17.4. The molecule has 1 amide bonds. The Morgan fingerprint density at radius 3 is 2.67 bits per heavy atom. The Kier molecular flexibility index (Phi) is 3.80. The number of carbonyl (C=O) groups is 1. The van der Waals surface area contributed by atoms with Gasteiger partial charge >= 0.3 is 0 Å². The van der Waals surface area contributed by atoms with Gasteiger partial charge in [-0.25, -0.2) is 9.67 Å². The summed E-state index contributed by atoms with van der Waals surface area (Å²) in [6.45, 7) is 4.88. The fraction of sp³-hybridized carbons (Fsp3) is 0.684. The van der Waals surface area contributed by atoms with E-state index in [1.807, 2.05) is 22.6 Å². The second kappa shape index (κ2) is 5.90. The van der Waals surface area contributed by atoms with E-state index in [1.54, 1.807) is 6.20 Å². The molecule has 4 fully saturated rings. The molecule has 144 valence electrons. The first-order valence-corrected chi connectivity index (χ1v) is 10.6. The Labute approximate surface area is 167 Å². The number of aromatic nitrogens is 5. The van der Waals surface area contributed by atoms with Crippen molar-refractivity contribution in [2.45, 2.75) is 64.5 Å². The van der Waals surface area contributed by atoms with Crippen molar-refractivity contribution in [3.63, 3.8) is 0 Å². The molecule has 4 aliphatic rings. The maximum Gasteiger partial charge on any atom is 0.230 e. The average molecular weight is 433 g/mol. The third-order valence-electron chi connectivity index (χ3n) is 7.11. The number of aryl methyl sites for hydroxylation is 1. The summed E-state index contributed by atoms with van der Waals surface area (Å²) in [5, 5.41) is 12.2. The summed E-state index contributed by atoms with van der Waals surface area (Å²) >= 11 is 3.38. The first kappa shape index (κ1) is 17.4. The molecule has 2 aromatic heterocycles. The molecule has 2 atom stereocenters. The molecule has 27 heavy (non-hydrogen) atoms. The second-order valence-corrected chi connectivity index (χ2v) is 9.55. The first-order valence-electron chi connectivity index (χ1n) is 9.84. The van der Waals surface area contributed by atoms with Crippen LogP contribution in [0.1, 0.15) is 51.1 Å². The largest absolute Gasteiger partial charge is 0.323 e. The summed E-state index contributed by atoms with van der Waals surface area (Å²) in [5.74, 6) is 1.36. The minimum atomic E-state index is -0.302. The topological polar surface area (TPSA) is 77.6 Å². The predicted octanol–water partition coefficient (Wildman–Crippen LogP) is 3.50. The number of nitrogens with one attached hydrogen (secondary N) is 1. The number of hydrogen-bond acceptors (Lipinski definition) is 4. The molecular formula is C19H25BrN6O. The molecule has 6 rings (SSSR count). The van der Waals surface area contributed by atoms with E-state index < -0.39 is 0 Å². The first-order chi connectivity index (χ1) is 12.9. The van der Waals surface area contributed by atoms with Crippen LogP contribution in [0.25, 0.3) is 0 Å². The van der Waals surface area contributed by atoms with Gasteiger partial charge in [0.2, 0.25) is 10.6 Å². The second-order valence-electron chi connectivity index (χ2n) is 8.84. The molecule has 4 bridgehead atoms. The molecule has 8 heteroatoms. The monoisotopic (exact) mass is 432 g/mol. The molecular weight excluding hydrogens is 408 g/mol. The smallest absolute Gasteiger partial charge is 0.230 e. The molecule has 0 saturated heterocycles. The Bertz CT molecular complexity index is 888. The van der Waals surface area contributed by atoms with Crippen molar-refractivity contribution in [1.29, 1.82) is 0 Å². The molecule has 4 aliphatic carbocycles. The summed E-state index contributed by atoms with van der Waals surface area (Å²) in [7, 11) is 0. The number of anilines is 1. The van der Waals surface area contributed by atoms with Gasteiger partial charge in [0.25, 0.3) is 0 Å². The number of carbonyl (C=O) groups excluding carboxylic acids is 1. The predicted molar refractivity (Wildman–Crippen MR) is 104 cm³/mol. The molecule has 7 nitrogen and oxygen atoms in total. The van der Waals surface area contributed by atoms with Crippen molar-refractivity contribution >= 4 is 27.5 Å². The molecule has 1 N–H and O–H groups in total. The van der Waals surface area contributed by atoms with Gasteiger partial charge in [0.1, 0.15) is 6.33 Å². The van der Waals surface area contributed by atoms with Gasteiger partial charge in [-0.15, -0.1) is 5.10 Å². The highest BCUT2D eigenvalue weighted by molar-refractivity contribution is 9.10. The lowest BCUT2D eigenvalue weighted by atomic mass is 9.46. The summed E-state index contributed by atoms with van der Waals surface area (Å²) in [6, 6.07) is 0. The van der Waals surface area contributed by atoms with Gasteiger partial charge < -0.3 is 5.32 Å². The van der Waals surface area contributed by atoms with Gasteiger partial charge in [-0.2, -0.15) is 5.10 Å². The third-order valence-corrected chi connectivity index (χ3v) is 7.48. The number of nitrogens with zero attached hydrogens (tertiary/aromatic N) is 5.